The van der Waals surface area contributed by atoms with E-state index in [1.807, 2.05) is 26.8 Å². The van der Waals surface area contributed by atoms with Gasteiger partial charge in [-0.05, 0) is 68.7 Å². The molecule has 2 N–H and O–H groups in total. The minimum Gasteiger partial charge on any atom is -0.352 e. The minimum absolute atomic E-state index is 0.0634. The summed E-state index contributed by atoms with van der Waals surface area (Å²) < 4.78 is 27.8. The van der Waals surface area contributed by atoms with E-state index in [1.165, 1.54) is 12.1 Å². The Morgan fingerprint density at radius 1 is 1.00 bits per heavy atom. The van der Waals surface area contributed by atoms with Crippen molar-refractivity contribution in [3.8, 4) is 0 Å². The molecular weight excluding hydrogens is 324 g/mol. The number of carbonyl (C=O) groups excluding carboxylic acids is 1. The zero-order valence-electron chi connectivity index (χ0n) is 14.3. The third-order valence-corrected chi connectivity index (χ3v) is 4.95. The Morgan fingerprint density at radius 3 is 2.21 bits per heavy atom. The number of carbonyl (C=O) groups is 1. The first kappa shape index (κ1) is 18.0. The van der Waals surface area contributed by atoms with Crippen LogP contribution in [0.1, 0.15) is 34.0 Å². The Labute approximate surface area is 143 Å². The summed E-state index contributed by atoms with van der Waals surface area (Å²) in [5, 5.41) is 2.69. The van der Waals surface area contributed by atoms with Crippen LogP contribution in [0, 0.1) is 20.8 Å². The van der Waals surface area contributed by atoms with Gasteiger partial charge < -0.3 is 5.32 Å². The zero-order valence-corrected chi connectivity index (χ0v) is 15.1. The predicted molar refractivity (Wildman–Crippen MR) is 95.9 cm³/mol. The van der Waals surface area contributed by atoms with E-state index in [9.17, 15) is 13.2 Å². The lowest BCUT2D eigenvalue weighted by Crippen LogP contribution is -2.24. The van der Waals surface area contributed by atoms with Crippen LogP contribution in [0.2, 0.25) is 0 Å². The van der Waals surface area contributed by atoms with Crippen molar-refractivity contribution in [2.45, 2.75) is 32.6 Å². The van der Waals surface area contributed by atoms with Gasteiger partial charge in [0.05, 0.1) is 4.90 Å². The summed E-state index contributed by atoms with van der Waals surface area (Å²) in [6.45, 7) is 7.89. The molecular formula is C18H22N2O3S. The van der Waals surface area contributed by atoms with E-state index >= 15 is 0 Å². The van der Waals surface area contributed by atoms with E-state index in [2.05, 4.69) is 10.0 Å². The monoisotopic (exact) mass is 346 g/mol. The molecule has 6 heteroatoms. The van der Waals surface area contributed by atoms with Gasteiger partial charge >= 0.3 is 0 Å². The topological polar surface area (TPSA) is 75.3 Å². The lowest BCUT2D eigenvalue weighted by molar-refractivity contribution is 0.0955. The molecule has 0 aliphatic carbocycles. The van der Waals surface area contributed by atoms with E-state index < -0.39 is 10.0 Å². The lowest BCUT2D eigenvalue weighted by atomic mass is 10.1. The third kappa shape index (κ3) is 4.14. The molecule has 2 aromatic carbocycles. The Bertz CT molecular complexity index is 854. The van der Waals surface area contributed by atoms with Crippen molar-refractivity contribution in [3.05, 3.63) is 58.7 Å². The average molecular weight is 346 g/mol. The van der Waals surface area contributed by atoms with Crippen molar-refractivity contribution in [1.29, 1.82) is 0 Å². The molecule has 2 aromatic rings. The molecule has 0 unspecified atom stereocenters. The smallest absolute Gasteiger partial charge is 0.261 e. The maximum absolute atomic E-state index is 12.6. The standard InChI is InChI=1S/C18H22N2O3S/c1-5-19-18(21)17-11-16(7-6-14(17)4)24(22,23)20-15-9-12(2)8-13(3)10-15/h6-11,20H,5H2,1-4H3,(H,19,21). The van der Waals surface area contributed by atoms with E-state index in [0.717, 1.165) is 16.7 Å². The second kappa shape index (κ2) is 7.05. The van der Waals surface area contributed by atoms with Crippen molar-refractivity contribution >= 4 is 21.6 Å². The maximum Gasteiger partial charge on any atom is 0.261 e. The van der Waals surface area contributed by atoms with Crippen LogP contribution in [0.4, 0.5) is 5.69 Å². The van der Waals surface area contributed by atoms with Crippen LogP contribution >= 0.6 is 0 Å². The molecule has 0 aliphatic heterocycles. The highest BCUT2D eigenvalue weighted by atomic mass is 32.2. The SMILES string of the molecule is CCNC(=O)c1cc(S(=O)(=O)Nc2cc(C)cc(C)c2)ccc1C. The fourth-order valence-corrected chi connectivity index (χ4v) is 3.58. The van der Waals surface area contributed by atoms with Gasteiger partial charge in [-0.1, -0.05) is 12.1 Å². The van der Waals surface area contributed by atoms with Crippen LogP contribution < -0.4 is 10.0 Å². The largest absolute Gasteiger partial charge is 0.352 e. The first-order valence-corrected chi connectivity index (χ1v) is 9.21. The molecule has 0 saturated carbocycles. The van der Waals surface area contributed by atoms with Gasteiger partial charge in [0.25, 0.3) is 15.9 Å². The number of aryl methyl sites for hydroxylation is 3. The van der Waals surface area contributed by atoms with Crippen LogP contribution in [0.3, 0.4) is 0 Å². The molecule has 5 nitrogen and oxygen atoms in total. The fourth-order valence-electron chi connectivity index (χ4n) is 2.52. The summed E-state index contributed by atoms with van der Waals surface area (Å²) in [4.78, 5) is 12.1. The van der Waals surface area contributed by atoms with Crippen LogP contribution in [0.15, 0.2) is 41.3 Å². The van der Waals surface area contributed by atoms with Crippen LogP contribution in [0.5, 0.6) is 0 Å². The molecule has 128 valence electrons. The van der Waals surface area contributed by atoms with Gasteiger partial charge in [-0.3, -0.25) is 9.52 Å². The summed E-state index contributed by atoms with van der Waals surface area (Å²) >= 11 is 0. The highest BCUT2D eigenvalue weighted by molar-refractivity contribution is 7.92. The van der Waals surface area contributed by atoms with Crippen molar-refractivity contribution in [2.75, 3.05) is 11.3 Å². The van der Waals surface area contributed by atoms with Gasteiger partial charge in [-0.2, -0.15) is 0 Å². The van der Waals surface area contributed by atoms with Crippen molar-refractivity contribution in [1.82, 2.24) is 5.32 Å². The molecule has 1 amide bonds. The molecule has 24 heavy (non-hydrogen) atoms. The minimum atomic E-state index is -3.76. The number of benzene rings is 2. The summed E-state index contributed by atoms with van der Waals surface area (Å²) in [7, 11) is -3.76. The van der Waals surface area contributed by atoms with Crippen molar-refractivity contribution in [3.63, 3.8) is 0 Å². The number of anilines is 1. The molecule has 0 atom stereocenters. The normalized spacial score (nSPS) is 11.2. The van der Waals surface area contributed by atoms with Gasteiger partial charge in [-0.25, -0.2) is 8.42 Å². The number of amides is 1. The Hall–Kier alpha value is -2.34. The number of hydrogen-bond donors (Lipinski definition) is 2. The highest BCUT2D eigenvalue weighted by Crippen LogP contribution is 2.21. The molecule has 0 fully saturated rings. The molecule has 0 aliphatic rings. The molecule has 0 radical (unpaired) electrons. The Balaban J connectivity index is 2.39. The summed E-state index contributed by atoms with van der Waals surface area (Å²) in [6.07, 6.45) is 0. The van der Waals surface area contributed by atoms with Crippen molar-refractivity contribution < 1.29 is 13.2 Å². The summed E-state index contributed by atoms with van der Waals surface area (Å²) in [5.74, 6) is -0.279. The predicted octanol–water partition coefficient (Wildman–Crippen LogP) is 3.16. The summed E-state index contributed by atoms with van der Waals surface area (Å²) in [6, 6.07) is 10.1. The van der Waals surface area contributed by atoms with E-state index in [0.29, 0.717) is 17.8 Å². The van der Waals surface area contributed by atoms with Gasteiger partial charge in [0, 0.05) is 17.8 Å². The van der Waals surface area contributed by atoms with Crippen LogP contribution in [-0.4, -0.2) is 20.9 Å². The molecule has 2 rings (SSSR count). The third-order valence-electron chi connectivity index (χ3n) is 3.58. The maximum atomic E-state index is 12.6. The molecule has 0 saturated heterocycles. The molecule has 0 aromatic heterocycles. The van der Waals surface area contributed by atoms with Gasteiger partial charge in [-0.15, -0.1) is 0 Å². The molecule has 0 heterocycles. The number of hydrogen-bond acceptors (Lipinski definition) is 3. The van der Waals surface area contributed by atoms with Gasteiger partial charge in [0.1, 0.15) is 0 Å². The molecule has 0 bridgehead atoms. The highest BCUT2D eigenvalue weighted by Gasteiger charge is 2.18. The van der Waals surface area contributed by atoms with Gasteiger partial charge in [0.2, 0.25) is 0 Å². The second-order valence-corrected chi connectivity index (χ2v) is 7.50. The average Bonchev–Trinajstić information content (AvgIpc) is 2.45. The number of nitrogens with one attached hydrogen (secondary N) is 2. The van der Waals surface area contributed by atoms with E-state index in [4.69, 9.17) is 0 Å². The van der Waals surface area contributed by atoms with Crippen LogP contribution in [-0.2, 0) is 10.0 Å². The molecule has 0 spiro atoms. The number of rotatable bonds is 5. The lowest BCUT2D eigenvalue weighted by Gasteiger charge is -2.12. The quantitative estimate of drug-likeness (QED) is 0.873. The Kier molecular flexibility index (Phi) is 5.29. The van der Waals surface area contributed by atoms with Crippen molar-refractivity contribution in [2.24, 2.45) is 0 Å². The number of sulfonamides is 1. The van der Waals surface area contributed by atoms with E-state index in [1.54, 1.807) is 25.1 Å². The Morgan fingerprint density at radius 2 is 1.62 bits per heavy atom. The second-order valence-electron chi connectivity index (χ2n) is 5.82. The van der Waals surface area contributed by atoms with Crippen LogP contribution in [0.25, 0.3) is 0 Å². The van der Waals surface area contributed by atoms with E-state index in [-0.39, 0.29) is 10.8 Å². The fraction of sp³-hybridized carbons (Fsp3) is 0.278. The first-order valence-electron chi connectivity index (χ1n) is 7.73. The summed E-state index contributed by atoms with van der Waals surface area (Å²) in [5.41, 5.74) is 3.54. The van der Waals surface area contributed by atoms with Gasteiger partial charge in [0.15, 0.2) is 0 Å². The first-order chi connectivity index (χ1) is 11.2. The zero-order chi connectivity index (χ0) is 17.9.